The van der Waals surface area contributed by atoms with Crippen LogP contribution in [0.2, 0.25) is 0 Å². The minimum absolute atomic E-state index is 0.00764. The van der Waals surface area contributed by atoms with Crippen LogP contribution in [-0.4, -0.2) is 61.8 Å². The van der Waals surface area contributed by atoms with Gasteiger partial charge < -0.3 is 14.8 Å². The number of nitrogens with one attached hydrogen (secondary N) is 1. The van der Waals surface area contributed by atoms with E-state index in [9.17, 15) is 22.0 Å². The third-order valence-electron chi connectivity index (χ3n) is 4.33. The van der Waals surface area contributed by atoms with Gasteiger partial charge in [0.1, 0.15) is 10.6 Å². The molecule has 1 atom stereocenters. The molecule has 2 aromatic rings. The van der Waals surface area contributed by atoms with Crippen molar-refractivity contribution in [2.24, 2.45) is 0 Å². The lowest BCUT2D eigenvalue weighted by Crippen LogP contribution is -2.40. The van der Waals surface area contributed by atoms with Gasteiger partial charge in [-0.1, -0.05) is 11.8 Å². The summed E-state index contributed by atoms with van der Waals surface area (Å²) in [6.45, 7) is 0.0644. The highest BCUT2D eigenvalue weighted by Gasteiger charge is 2.26. The van der Waals surface area contributed by atoms with Gasteiger partial charge in [-0.05, 0) is 43.3 Å². The summed E-state index contributed by atoms with van der Waals surface area (Å²) >= 11 is 1.16. The molecular weight excluding hydrogens is 452 g/mol. The summed E-state index contributed by atoms with van der Waals surface area (Å²) in [5.74, 6) is -0.328. The lowest BCUT2D eigenvalue weighted by atomic mass is 10.3. The van der Waals surface area contributed by atoms with Crippen molar-refractivity contribution in [3.05, 3.63) is 42.6 Å². The normalized spacial score (nSPS) is 16.1. The molecule has 1 aliphatic rings. The maximum atomic E-state index is 12.6. The molecule has 0 saturated carbocycles. The van der Waals surface area contributed by atoms with E-state index < -0.39 is 21.9 Å². The van der Waals surface area contributed by atoms with Crippen molar-refractivity contribution in [1.29, 1.82) is 0 Å². The lowest BCUT2D eigenvalue weighted by Gasteiger charge is -2.25. The Kier molecular flexibility index (Phi) is 7.81. The Morgan fingerprint density at radius 3 is 2.45 bits per heavy atom. The van der Waals surface area contributed by atoms with Crippen LogP contribution < -0.4 is 10.1 Å². The van der Waals surface area contributed by atoms with E-state index >= 15 is 0 Å². The molecular formula is C19H21F2N3O5S2. The van der Waals surface area contributed by atoms with Crippen molar-refractivity contribution in [3.63, 3.8) is 0 Å². The molecule has 2 heterocycles. The number of thioether (sulfide) groups is 1. The average Bonchev–Trinajstić information content (AvgIpc) is 2.75. The van der Waals surface area contributed by atoms with Crippen molar-refractivity contribution >= 4 is 33.4 Å². The highest BCUT2D eigenvalue weighted by molar-refractivity contribution is 8.00. The number of anilines is 1. The molecule has 12 heteroatoms. The number of carbonyl (C=O) groups excluding carboxylic acids is 1. The van der Waals surface area contributed by atoms with Gasteiger partial charge in [0.2, 0.25) is 15.9 Å². The van der Waals surface area contributed by atoms with E-state index in [0.717, 1.165) is 11.8 Å². The zero-order valence-electron chi connectivity index (χ0n) is 16.5. The molecule has 1 aromatic heterocycles. The van der Waals surface area contributed by atoms with Crippen molar-refractivity contribution in [1.82, 2.24) is 9.29 Å². The predicted molar refractivity (Wildman–Crippen MR) is 111 cm³/mol. The Morgan fingerprint density at radius 2 is 1.87 bits per heavy atom. The fourth-order valence-electron chi connectivity index (χ4n) is 2.72. The van der Waals surface area contributed by atoms with Gasteiger partial charge in [0.15, 0.2) is 0 Å². The third kappa shape index (κ3) is 6.35. The van der Waals surface area contributed by atoms with Crippen LogP contribution in [0.4, 0.5) is 14.5 Å². The molecule has 1 amide bonds. The first-order chi connectivity index (χ1) is 14.8. The second-order valence-corrected chi connectivity index (χ2v) is 9.80. The summed E-state index contributed by atoms with van der Waals surface area (Å²) < 4.78 is 60.4. The number of halogens is 2. The van der Waals surface area contributed by atoms with Crippen LogP contribution in [0, 0.1) is 0 Å². The van der Waals surface area contributed by atoms with E-state index in [1.807, 2.05) is 0 Å². The molecule has 1 fully saturated rings. The van der Waals surface area contributed by atoms with E-state index in [0.29, 0.717) is 37.0 Å². The fraction of sp³-hybridized carbons (Fsp3) is 0.368. The molecule has 168 valence electrons. The average molecular weight is 474 g/mol. The van der Waals surface area contributed by atoms with Gasteiger partial charge in [0, 0.05) is 25.0 Å². The number of amides is 1. The van der Waals surface area contributed by atoms with Gasteiger partial charge in [-0.2, -0.15) is 13.1 Å². The van der Waals surface area contributed by atoms with Gasteiger partial charge in [-0.3, -0.25) is 4.79 Å². The Labute approximate surface area is 183 Å². The zero-order valence-corrected chi connectivity index (χ0v) is 18.2. The summed E-state index contributed by atoms with van der Waals surface area (Å²) in [6.07, 6.45) is 1.28. The number of nitrogens with zero attached hydrogens (tertiary/aromatic N) is 2. The summed E-state index contributed by atoms with van der Waals surface area (Å²) in [5.41, 5.74) is 0.430. The van der Waals surface area contributed by atoms with Crippen LogP contribution in [0.15, 0.2) is 52.5 Å². The number of rotatable bonds is 8. The maximum absolute atomic E-state index is 12.6. The Balaban J connectivity index is 1.57. The topological polar surface area (TPSA) is 97.8 Å². The molecule has 0 aliphatic carbocycles. The summed E-state index contributed by atoms with van der Waals surface area (Å²) in [5, 5.41) is 2.63. The molecule has 8 nitrogen and oxygen atoms in total. The summed E-state index contributed by atoms with van der Waals surface area (Å²) in [7, 11) is -3.63. The first-order valence-corrected chi connectivity index (χ1v) is 11.6. The van der Waals surface area contributed by atoms with E-state index in [2.05, 4.69) is 15.0 Å². The Hall–Kier alpha value is -2.28. The summed E-state index contributed by atoms with van der Waals surface area (Å²) in [4.78, 5) is 16.6. The van der Waals surface area contributed by atoms with Crippen LogP contribution in [0.1, 0.15) is 6.92 Å². The molecule has 0 bridgehead atoms. The molecule has 3 rings (SSSR count). The van der Waals surface area contributed by atoms with E-state index in [1.165, 1.54) is 40.8 Å². The molecule has 0 spiro atoms. The number of benzene rings is 1. The first kappa shape index (κ1) is 23.4. The highest BCUT2D eigenvalue weighted by atomic mass is 32.2. The Morgan fingerprint density at radius 1 is 1.19 bits per heavy atom. The minimum atomic E-state index is -3.63. The number of hydrogen-bond acceptors (Lipinski definition) is 7. The standard InChI is InChI=1S/C19H21F2N3O5S2/c1-13(18(25)23-14-2-4-15(5-3-14)29-19(20)21)30-17-7-6-16(12-22-17)31(26,27)24-8-10-28-11-9-24/h2-7,12-13,19H,8-11H2,1H3,(H,23,25). The second kappa shape index (κ2) is 10.4. The van der Waals surface area contributed by atoms with Crippen molar-refractivity contribution in [3.8, 4) is 5.75 Å². The van der Waals surface area contributed by atoms with Crippen LogP contribution >= 0.6 is 11.8 Å². The number of alkyl halides is 2. The van der Waals surface area contributed by atoms with Gasteiger partial charge in [0.05, 0.1) is 23.5 Å². The van der Waals surface area contributed by atoms with Gasteiger partial charge in [-0.25, -0.2) is 13.4 Å². The predicted octanol–water partition coefficient (Wildman–Crippen LogP) is 2.82. The lowest BCUT2D eigenvalue weighted by molar-refractivity contribution is -0.115. The minimum Gasteiger partial charge on any atom is -0.435 e. The molecule has 1 aliphatic heterocycles. The molecule has 0 radical (unpaired) electrons. The van der Waals surface area contributed by atoms with Gasteiger partial charge in [0.25, 0.3) is 0 Å². The number of aromatic nitrogens is 1. The van der Waals surface area contributed by atoms with Crippen molar-refractivity contribution in [2.45, 2.75) is 28.7 Å². The van der Waals surface area contributed by atoms with Crippen LogP contribution in [0.25, 0.3) is 0 Å². The van der Waals surface area contributed by atoms with Crippen molar-refractivity contribution < 1.29 is 31.5 Å². The monoisotopic (exact) mass is 473 g/mol. The van der Waals surface area contributed by atoms with E-state index in [1.54, 1.807) is 13.0 Å². The Bertz CT molecular complexity index is 983. The number of ether oxygens (including phenoxy) is 2. The molecule has 1 N–H and O–H groups in total. The van der Waals surface area contributed by atoms with E-state index in [-0.39, 0.29) is 16.6 Å². The number of sulfonamides is 1. The smallest absolute Gasteiger partial charge is 0.387 e. The van der Waals surface area contributed by atoms with Gasteiger partial charge in [-0.15, -0.1) is 0 Å². The summed E-state index contributed by atoms with van der Waals surface area (Å²) in [6, 6.07) is 8.58. The fourth-order valence-corrected chi connectivity index (χ4v) is 4.87. The largest absolute Gasteiger partial charge is 0.435 e. The number of carbonyl (C=O) groups is 1. The number of morpholine rings is 1. The molecule has 1 unspecified atom stereocenters. The van der Waals surface area contributed by atoms with Gasteiger partial charge >= 0.3 is 6.61 Å². The number of hydrogen-bond donors (Lipinski definition) is 1. The highest BCUT2D eigenvalue weighted by Crippen LogP contribution is 2.25. The van der Waals surface area contributed by atoms with Crippen LogP contribution in [-0.2, 0) is 19.6 Å². The van der Waals surface area contributed by atoms with Crippen LogP contribution in [0.3, 0.4) is 0 Å². The first-order valence-electron chi connectivity index (χ1n) is 9.32. The SMILES string of the molecule is CC(Sc1ccc(S(=O)(=O)N2CCOCC2)cn1)C(=O)Nc1ccc(OC(F)F)cc1. The third-order valence-corrected chi connectivity index (χ3v) is 7.26. The number of pyridine rings is 1. The quantitative estimate of drug-likeness (QED) is 0.589. The molecule has 1 aromatic carbocycles. The molecule has 31 heavy (non-hydrogen) atoms. The molecule has 1 saturated heterocycles. The zero-order chi connectivity index (χ0) is 22.4. The van der Waals surface area contributed by atoms with Crippen LogP contribution in [0.5, 0.6) is 5.75 Å². The van der Waals surface area contributed by atoms with Crippen molar-refractivity contribution in [2.75, 3.05) is 31.6 Å². The second-order valence-electron chi connectivity index (χ2n) is 6.50. The maximum Gasteiger partial charge on any atom is 0.387 e. The van der Waals surface area contributed by atoms with E-state index in [4.69, 9.17) is 4.74 Å².